The molecule has 0 saturated heterocycles. The largest absolute Gasteiger partial charge is 0.354 e. The zero-order valence-corrected chi connectivity index (χ0v) is 16.1. The fraction of sp³-hybridized carbons (Fsp3) is 0.278. The summed E-state index contributed by atoms with van der Waals surface area (Å²) >= 11 is 3.37. The maximum absolute atomic E-state index is 12.3. The number of H-pyrrole nitrogens is 1. The monoisotopic (exact) mass is 405 g/mol. The second-order valence-corrected chi connectivity index (χ2v) is 6.79. The number of aromatic nitrogens is 1. The Labute approximate surface area is 154 Å². The van der Waals surface area contributed by atoms with Crippen molar-refractivity contribution in [3.05, 3.63) is 50.8 Å². The second-order valence-electron chi connectivity index (χ2n) is 5.87. The molecule has 0 aliphatic rings. The van der Waals surface area contributed by atoms with Crippen LogP contribution in [0.2, 0.25) is 0 Å². The van der Waals surface area contributed by atoms with Crippen LogP contribution in [0, 0.1) is 20.8 Å². The molecule has 6 nitrogen and oxygen atoms in total. The topological polar surface area (TPSA) is 91.1 Å². The van der Waals surface area contributed by atoms with E-state index in [1.807, 2.05) is 19.1 Å². The summed E-state index contributed by atoms with van der Waals surface area (Å²) in [4.78, 5) is 38.9. The van der Waals surface area contributed by atoms with E-state index in [2.05, 4.69) is 31.5 Å². The van der Waals surface area contributed by atoms with Crippen LogP contribution >= 0.6 is 15.9 Å². The molecular formula is C18H20BrN3O3. The Bertz CT molecular complexity index is 855. The number of amides is 2. The van der Waals surface area contributed by atoms with Crippen molar-refractivity contribution < 1.29 is 14.4 Å². The third kappa shape index (κ3) is 4.36. The molecule has 0 aliphatic carbocycles. The van der Waals surface area contributed by atoms with Gasteiger partial charge in [0.05, 0.1) is 6.54 Å². The number of aromatic amines is 1. The lowest BCUT2D eigenvalue weighted by molar-refractivity contribution is -0.115. The van der Waals surface area contributed by atoms with Crippen molar-refractivity contribution in [2.24, 2.45) is 0 Å². The van der Waals surface area contributed by atoms with Crippen molar-refractivity contribution in [1.29, 1.82) is 0 Å². The Hall–Kier alpha value is -2.41. The molecule has 0 unspecified atom stereocenters. The van der Waals surface area contributed by atoms with Crippen LogP contribution in [-0.2, 0) is 4.79 Å². The number of hydrogen-bond acceptors (Lipinski definition) is 3. The first-order valence-electron chi connectivity index (χ1n) is 7.75. The molecule has 0 aliphatic heterocycles. The van der Waals surface area contributed by atoms with Crippen LogP contribution in [0.15, 0.2) is 22.7 Å². The number of benzene rings is 1. The van der Waals surface area contributed by atoms with Crippen molar-refractivity contribution in [3.8, 4) is 0 Å². The van der Waals surface area contributed by atoms with E-state index >= 15 is 0 Å². The summed E-state index contributed by atoms with van der Waals surface area (Å²) in [5.41, 5.74) is 3.65. The molecule has 2 rings (SSSR count). The van der Waals surface area contributed by atoms with Crippen molar-refractivity contribution >= 4 is 39.2 Å². The summed E-state index contributed by atoms with van der Waals surface area (Å²) in [5, 5.41) is 5.32. The molecular weight excluding hydrogens is 386 g/mol. The van der Waals surface area contributed by atoms with Crippen molar-refractivity contribution in [2.45, 2.75) is 27.7 Å². The smallest absolute Gasteiger partial charge is 0.268 e. The Morgan fingerprint density at radius 2 is 1.84 bits per heavy atom. The number of rotatable bonds is 5. The van der Waals surface area contributed by atoms with Gasteiger partial charge in [0.15, 0.2) is 5.78 Å². The van der Waals surface area contributed by atoms with Gasteiger partial charge in [0, 0.05) is 21.4 Å². The number of Topliss-reactive ketones (excluding diaryl/α,β-unsaturated/α-hetero) is 1. The third-order valence-electron chi connectivity index (χ3n) is 3.89. The summed E-state index contributed by atoms with van der Waals surface area (Å²) in [7, 11) is 0. The van der Waals surface area contributed by atoms with E-state index in [4.69, 9.17) is 0 Å². The predicted molar refractivity (Wildman–Crippen MR) is 100 cm³/mol. The minimum absolute atomic E-state index is 0.103. The molecule has 3 N–H and O–H groups in total. The molecule has 0 saturated carbocycles. The van der Waals surface area contributed by atoms with Gasteiger partial charge in [-0.3, -0.25) is 14.4 Å². The molecule has 0 atom stereocenters. The van der Waals surface area contributed by atoms with E-state index in [1.54, 1.807) is 19.9 Å². The van der Waals surface area contributed by atoms with Gasteiger partial charge < -0.3 is 15.6 Å². The number of carbonyl (C=O) groups excluding carboxylic acids is 3. The maximum Gasteiger partial charge on any atom is 0.268 e. The molecule has 0 spiro atoms. The Morgan fingerprint density at radius 1 is 1.16 bits per heavy atom. The first kappa shape index (κ1) is 18.9. The highest BCUT2D eigenvalue weighted by atomic mass is 79.9. The van der Waals surface area contributed by atoms with Crippen molar-refractivity contribution in [3.63, 3.8) is 0 Å². The fourth-order valence-corrected chi connectivity index (χ4v) is 3.19. The van der Waals surface area contributed by atoms with Crippen molar-refractivity contribution in [2.75, 3.05) is 11.9 Å². The van der Waals surface area contributed by atoms with Crippen LogP contribution in [0.1, 0.15) is 44.6 Å². The van der Waals surface area contributed by atoms with Gasteiger partial charge in [-0.05, 0) is 57.0 Å². The van der Waals surface area contributed by atoms with Gasteiger partial charge in [-0.2, -0.15) is 0 Å². The zero-order valence-electron chi connectivity index (χ0n) is 14.5. The number of hydrogen-bond donors (Lipinski definition) is 3. The van der Waals surface area contributed by atoms with Gasteiger partial charge in [-0.15, -0.1) is 0 Å². The normalized spacial score (nSPS) is 10.4. The first-order valence-corrected chi connectivity index (χ1v) is 8.54. The SMILES string of the molecule is CC(=O)c1c(C)[nH]c(C(=O)NCC(=O)Nc2ccc(Br)cc2C)c1C. The van der Waals surface area contributed by atoms with Gasteiger partial charge in [0.25, 0.3) is 5.91 Å². The number of nitrogens with one attached hydrogen (secondary N) is 3. The lowest BCUT2D eigenvalue weighted by Crippen LogP contribution is -2.33. The number of aryl methyl sites for hydroxylation is 2. The molecule has 1 aromatic heterocycles. The minimum Gasteiger partial charge on any atom is -0.354 e. The minimum atomic E-state index is -0.421. The second kappa shape index (κ2) is 7.65. The average Bonchev–Trinajstić information content (AvgIpc) is 2.82. The maximum atomic E-state index is 12.3. The molecule has 0 bridgehead atoms. The lowest BCUT2D eigenvalue weighted by atomic mass is 10.1. The van der Waals surface area contributed by atoms with Crippen LogP contribution in [0.4, 0.5) is 5.69 Å². The quantitative estimate of drug-likeness (QED) is 0.666. The molecule has 2 amide bonds. The van der Waals surface area contributed by atoms with Crippen LogP contribution < -0.4 is 10.6 Å². The van der Waals surface area contributed by atoms with Crippen molar-refractivity contribution in [1.82, 2.24) is 10.3 Å². The molecule has 1 aromatic carbocycles. The number of carbonyl (C=O) groups is 3. The summed E-state index contributed by atoms with van der Waals surface area (Å²) in [5.74, 6) is -0.851. The third-order valence-corrected chi connectivity index (χ3v) is 4.38. The molecule has 0 fully saturated rings. The fourth-order valence-electron chi connectivity index (χ4n) is 2.72. The summed E-state index contributed by atoms with van der Waals surface area (Å²) < 4.78 is 0.926. The Morgan fingerprint density at radius 3 is 2.40 bits per heavy atom. The van der Waals surface area contributed by atoms with E-state index in [-0.39, 0.29) is 18.2 Å². The highest BCUT2D eigenvalue weighted by molar-refractivity contribution is 9.10. The highest BCUT2D eigenvalue weighted by Gasteiger charge is 2.20. The summed E-state index contributed by atoms with van der Waals surface area (Å²) in [6.07, 6.45) is 0. The average molecular weight is 406 g/mol. The standard InChI is InChI=1S/C18H20BrN3O3/c1-9-7-13(19)5-6-14(9)22-15(24)8-20-18(25)17-10(2)16(12(4)23)11(3)21-17/h5-7,21H,8H2,1-4H3,(H,20,25)(H,22,24). The molecule has 1 heterocycles. The number of anilines is 1. The van der Waals surface area contributed by atoms with Crippen LogP contribution in [0.3, 0.4) is 0 Å². The van der Waals surface area contributed by atoms with E-state index in [0.29, 0.717) is 28.2 Å². The van der Waals surface area contributed by atoms with Crippen LogP contribution in [-0.4, -0.2) is 29.1 Å². The molecule has 0 radical (unpaired) electrons. The molecule has 132 valence electrons. The number of halogens is 1. The van der Waals surface area contributed by atoms with Crippen LogP contribution in [0.5, 0.6) is 0 Å². The highest BCUT2D eigenvalue weighted by Crippen LogP contribution is 2.20. The summed E-state index contributed by atoms with van der Waals surface area (Å²) in [6, 6.07) is 5.51. The molecule has 7 heteroatoms. The van der Waals surface area contributed by atoms with Gasteiger partial charge in [0.2, 0.25) is 5.91 Å². The Kier molecular flexibility index (Phi) is 5.79. The van der Waals surface area contributed by atoms with Gasteiger partial charge in [-0.25, -0.2) is 0 Å². The lowest BCUT2D eigenvalue weighted by Gasteiger charge is -2.09. The predicted octanol–water partition coefficient (Wildman–Crippen LogP) is 3.27. The van der Waals surface area contributed by atoms with E-state index in [0.717, 1.165) is 10.0 Å². The Balaban J connectivity index is 2.01. The van der Waals surface area contributed by atoms with Gasteiger partial charge >= 0.3 is 0 Å². The van der Waals surface area contributed by atoms with E-state index in [9.17, 15) is 14.4 Å². The molecule has 2 aromatic rings. The van der Waals surface area contributed by atoms with Crippen LogP contribution in [0.25, 0.3) is 0 Å². The molecule has 25 heavy (non-hydrogen) atoms. The zero-order chi connectivity index (χ0) is 18.7. The first-order chi connectivity index (χ1) is 11.7. The van der Waals surface area contributed by atoms with E-state index in [1.165, 1.54) is 6.92 Å². The van der Waals surface area contributed by atoms with E-state index < -0.39 is 5.91 Å². The van der Waals surface area contributed by atoms with Gasteiger partial charge in [0.1, 0.15) is 5.69 Å². The summed E-state index contributed by atoms with van der Waals surface area (Å²) in [6.45, 7) is 6.62. The van der Waals surface area contributed by atoms with Gasteiger partial charge in [-0.1, -0.05) is 15.9 Å². The number of ketones is 1.